The molecule has 0 saturated heterocycles. The molecule has 0 bridgehead atoms. The van der Waals surface area contributed by atoms with Crippen molar-refractivity contribution in [2.45, 2.75) is 64.5 Å². The van der Waals surface area contributed by atoms with E-state index < -0.39 is 40.4 Å². The van der Waals surface area contributed by atoms with E-state index in [1.807, 2.05) is 60.7 Å². The first kappa shape index (κ1) is 32.9. The number of unbranched alkanes of at least 4 members (excludes halogenated alkanes) is 2. The first-order valence-corrected chi connectivity index (χ1v) is 16.8. The predicted octanol–water partition coefficient (Wildman–Crippen LogP) is 12.5. The van der Waals surface area contributed by atoms with Crippen LogP contribution in [-0.4, -0.2) is 0 Å². The molecule has 0 saturated carbocycles. The third-order valence-corrected chi connectivity index (χ3v) is 10.0. The second kappa shape index (κ2) is 13.0. The van der Waals surface area contributed by atoms with Gasteiger partial charge in [0.25, 0.3) is 0 Å². The Morgan fingerprint density at radius 3 is 1.53 bits per heavy atom. The smallest absolute Gasteiger partial charge is 0.194 e. The highest BCUT2D eigenvalue weighted by Crippen LogP contribution is 2.53. The number of rotatable bonds is 8. The molecule has 0 radical (unpaired) electrons. The van der Waals surface area contributed by atoms with Gasteiger partial charge in [0.1, 0.15) is 0 Å². The zero-order valence-corrected chi connectivity index (χ0v) is 27.3. The van der Waals surface area contributed by atoms with Crippen molar-refractivity contribution in [3.8, 4) is 33.4 Å². The minimum atomic E-state index is -1.54. The van der Waals surface area contributed by atoms with Gasteiger partial charge in [0.15, 0.2) is 34.9 Å². The Morgan fingerprint density at radius 2 is 1.02 bits per heavy atom. The van der Waals surface area contributed by atoms with E-state index in [-0.39, 0.29) is 17.7 Å². The molecule has 0 aliphatic carbocycles. The predicted molar refractivity (Wildman–Crippen MR) is 185 cm³/mol. The second-order valence-corrected chi connectivity index (χ2v) is 13.0. The van der Waals surface area contributed by atoms with Crippen molar-refractivity contribution in [2.24, 2.45) is 0 Å². The van der Waals surface area contributed by atoms with Crippen LogP contribution >= 0.6 is 0 Å². The lowest BCUT2D eigenvalue weighted by Crippen LogP contribution is -2.42. The minimum Gasteiger partial charge on any atom is -0.303 e. The van der Waals surface area contributed by atoms with Crippen molar-refractivity contribution in [2.75, 3.05) is 0 Å². The van der Waals surface area contributed by atoms with Crippen molar-refractivity contribution in [3.05, 3.63) is 131 Å². The maximum absolute atomic E-state index is 15.0. The van der Waals surface area contributed by atoms with Crippen molar-refractivity contribution >= 4 is 21.5 Å². The summed E-state index contributed by atoms with van der Waals surface area (Å²) >= 11 is 0. The highest BCUT2D eigenvalue weighted by Gasteiger charge is 2.40. The molecule has 49 heavy (non-hydrogen) atoms. The maximum atomic E-state index is 15.0. The lowest BCUT2D eigenvalue weighted by molar-refractivity contribution is 0.272. The van der Waals surface area contributed by atoms with E-state index in [2.05, 4.69) is 19.2 Å². The molecule has 1 aliphatic rings. The first-order valence-electron chi connectivity index (χ1n) is 16.8. The maximum Gasteiger partial charge on any atom is 0.194 e. The van der Waals surface area contributed by atoms with Gasteiger partial charge in [-0.1, -0.05) is 88.1 Å². The summed E-state index contributed by atoms with van der Waals surface area (Å²) in [4.78, 5) is 0. The largest absolute Gasteiger partial charge is 0.303 e. The van der Waals surface area contributed by atoms with Gasteiger partial charge in [-0.3, -0.25) is 0 Å². The molecule has 7 rings (SSSR count). The van der Waals surface area contributed by atoms with E-state index in [1.54, 1.807) is 0 Å². The van der Waals surface area contributed by atoms with Gasteiger partial charge in [0, 0.05) is 12.1 Å². The Kier molecular flexibility index (Phi) is 8.74. The second-order valence-electron chi connectivity index (χ2n) is 13.0. The van der Waals surface area contributed by atoms with Gasteiger partial charge >= 0.3 is 0 Å². The topological polar surface area (TPSA) is 12.0 Å². The van der Waals surface area contributed by atoms with Crippen LogP contribution in [-0.2, 0) is 12.1 Å². The van der Waals surface area contributed by atoms with Crippen LogP contribution in [0.15, 0.2) is 84.9 Å². The summed E-state index contributed by atoms with van der Waals surface area (Å²) in [5.74, 6) is -8.19. The number of hydrogen-bond acceptors (Lipinski definition) is 1. The van der Waals surface area contributed by atoms with Crippen LogP contribution in [0, 0.1) is 34.9 Å². The summed E-state index contributed by atoms with van der Waals surface area (Å²) in [6, 6.07) is 23.5. The fourth-order valence-corrected chi connectivity index (χ4v) is 7.73. The van der Waals surface area contributed by atoms with Crippen molar-refractivity contribution in [1.82, 2.24) is 5.32 Å². The molecule has 7 heteroatoms. The standard InChI is InChI=1S/C42H35F6N/c1-3-5-15-42(16-6-4-2)39-31(27-21-35(45)41(48)36(46)22-27)18-25-12-8-10-14-29(25)38(39)37-28-13-9-7-11-24(28)17-30(32(37)23-49-42)26-19-33(43)40(47)34(44)20-26/h7-14,17-22,49H,3-6,15-16,23H2,1-2H3. The number of halogens is 6. The number of nitrogens with one attached hydrogen (secondary N) is 1. The highest BCUT2D eigenvalue weighted by molar-refractivity contribution is 6.12. The Morgan fingerprint density at radius 1 is 0.571 bits per heavy atom. The van der Waals surface area contributed by atoms with Crippen LogP contribution in [0.1, 0.15) is 63.5 Å². The lowest BCUT2D eigenvalue weighted by Gasteiger charge is -2.38. The molecule has 0 atom stereocenters. The van der Waals surface area contributed by atoms with Crippen molar-refractivity contribution in [3.63, 3.8) is 0 Å². The molecule has 1 heterocycles. The highest BCUT2D eigenvalue weighted by atomic mass is 19.2. The molecular formula is C42H35F6N. The van der Waals surface area contributed by atoms with Gasteiger partial charge in [-0.15, -0.1) is 0 Å². The van der Waals surface area contributed by atoms with Gasteiger partial charge in [-0.05, 0) is 115 Å². The summed E-state index contributed by atoms with van der Waals surface area (Å²) in [6.45, 7) is 4.50. The minimum absolute atomic E-state index is 0.194. The molecular weight excluding hydrogens is 632 g/mol. The molecule has 0 fully saturated rings. The number of benzene rings is 6. The molecule has 0 aromatic heterocycles. The SMILES string of the molecule is CCCCC1(CCCC)NCc2c(-c3cc(F)c(F)c(F)c3)cc3ccccc3c2-c2c1c(-c1cc(F)c(F)c(F)c1)cc1ccccc21. The molecule has 0 unspecified atom stereocenters. The van der Waals surface area contributed by atoms with E-state index in [9.17, 15) is 17.6 Å². The average Bonchev–Trinajstić information content (AvgIpc) is 3.26. The summed E-state index contributed by atoms with van der Waals surface area (Å²) in [6.07, 6.45) is 4.84. The van der Waals surface area contributed by atoms with E-state index >= 15 is 8.78 Å². The summed E-state index contributed by atoms with van der Waals surface area (Å²) in [5, 5.41) is 7.27. The monoisotopic (exact) mass is 667 g/mol. The molecule has 1 N–H and O–H groups in total. The Bertz CT molecular complexity index is 2190. The van der Waals surface area contributed by atoms with E-state index in [0.29, 0.717) is 24.0 Å². The quantitative estimate of drug-likeness (QED) is 0.126. The molecule has 1 nitrogen and oxygen atoms in total. The van der Waals surface area contributed by atoms with Crippen LogP contribution < -0.4 is 5.32 Å². The fourth-order valence-electron chi connectivity index (χ4n) is 7.73. The normalized spacial score (nSPS) is 13.8. The van der Waals surface area contributed by atoms with Gasteiger partial charge in [-0.2, -0.15) is 0 Å². The fraction of sp³-hybridized carbons (Fsp3) is 0.238. The zero-order valence-electron chi connectivity index (χ0n) is 27.3. The summed E-state index contributed by atoms with van der Waals surface area (Å²) < 4.78 is 88.3. The van der Waals surface area contributed by atoms with E-state index in [4.69, 9.17) is 0 Å². The number of fused-ring (bicyclic) bond motifs is 7. The molecule has 6 aromatic rings. The van der Waals surface area contributed by atoms with Gasteiger partial charge in [0.05, 0.1) is 0 Å². The first-order chi connectivity index (χ1) is 23.7. The lowest BCUT2D eigenvalue weighted by atomic mass is 9.72. The zero-order chi connectivity index (χ0) is 34.4. The van der Waals surface area contributed by atoms with E-state index in [0.717, 1.165) is 93.7 Å². The van der Waals surface area contributed by atoms with E-state index in [1.165, 1.54) is 0 Å². The summed E-state index contributed by atoms with van der Waals surface area (Å²) in [5.41, 5.74) is 4.08. The Balaban J connectivity index is 1.71. The average molecular weight is 668 g/mol. The van der Waals surface area contributed by atoms with Crippen LogP contribution in [0.4, 0.5) is 26.3 Å². The third kappa shape index (κ3) is 5.58. The van der Waals surface area contributed by atoms with Gasteiger partial charge in [0.2, 0.25) is 0 Å². The van der Waals surface area contributed by atoms with Crippen LogP contribution in [0.25, 0.3) is 54.9 Å². The molecule has 250 valence electrons. The van der Waals surface area contributed by atoms with Crippen molar-refractivity contribution in [1.29, 1.82) is 0 Å². The van der Waals surface area contributed by atoms with Gasteiger partial charge in [-0.25, -0.2) is 26.3 Å². The van der Waals surface area contributed by atoms with Crippen molar-refractivity contribution < 1.29 is 26.3 Å². The number of hydrogen-bond donors (Lipinski definition) is 1. The Hall–Kier alpha value is -4.62. The van der Waals surface area contributed by atoms with Crippen LogP contribution in [0.5, 0.6) is 0 Å². The summed E-state index contributed by atoms with van der Waals surface area (Å²) in [7, 11) is 0. The van der Waals surface area contributed by atoms with Crippen LogP contribution in [0.2, 0.25) is 0 Å². The Labute approximate surface area is 281 Å². The molecule has 0 amide bonds. The third-order valence-electron chi connectivity index (χ3n) is 10.0. The van der Waals surface area contributed by atoms with Crippen LogP contribution in [0.3, 0.4) is 0 Å². The molecule has 6 aromatic carbocycles. The van der Waals surface area contributed by atoms with Gasteiger partial charge < -0.3 is 5.32 Å². The molecule has 1 aliphatic heterocycles. The molecule has 0 spiro atoms.